The van der Waals surface area contributed by atoms with E-state index in [-0.39, 0.29) is 5.56 Å². The van der Waals surface area contributed by atoms with Gasteiger partial charge in [0.15, 0.2) is 5.78 Å². The van der Waals surface area contributed by atoms with E-state index in [0.29, 0.717) is 9.50 Å². The van der Waals surface area contributed by atoms with Crippen molar-refractivity contribution in [2.24, 2.45) is 0 Å². The summed E-state index contributed by atoms with van der Waals surface area (Å²) in [5.74, 6) is -2.41. The minimum atomic E-state index is -1.03. The molecule has 0 spiro atoms. The number of Topliss-reactive ketones (excluding diaryl/α,β-unsaturated/α-hetero) is 2. The molecule has 0 amide bonds. The molecular formula is C11H8BrClO4. The Morgan fingerprint density at radius 1 is 1.35 bits per heavy atom. The van der Waals surface area contributed by atoms with Crippen LogP contribution in [0.4, 0.5) is 0 Å². The molecule has 1 aromatic rings. The molecule has 4 nitrogen and oxygen atoms in total. The summed E-state index contributed by atoms with van der Waals surface area (Å²) < 4.78 is 4.74. The molecule has 0 saturated heterocycles. The average molecular weight is 320 g/mol. The Kier molecular flexibility index (Phi) is 4.84. The number of rotatable bonds is 4. The molecule has 0 fully saturated rings. The van der Waals surface area contributed by atoms with Crippen LogP contribution in [-0.4, -0.2) is 24.6 Å². The zero-order valence-electron chi connectivity index (χ0n) is 8.83. The van der Waals surface area contributed by atoms with Gasteiger partial charge < -0.3 is 4.74 Å². The minimum absolute atomic E-state index is 0.259. The number of hydrogen-bond donors (Lipinski definition) is 0. The fraction of sp³-hybridized carbons (Fsp3) is 0.182. The van der Waals surface area contributed by atoms with E-state index in [1.54, 1.807) is 12.1 Å². The van der Waals surface area contributed by atoms with Crippen molar-refractivity contribution in [1.29, 1.82) is 0 Å². The van der Waals surface area contributed by atoms with Gasteiger partial charge >= 0.3 is 5.97 Å². The van der Waals surface area contributed by atoms with Crippen LogP contribution in [0.3, 0.4) is 0 Å². The van der Waals surface area contributed by atoms with E-state index in [1.807, 2.05) is 0 Å². The average Bonchev–Trinajstić information content (AvgIpc) is 2.30. The number of hydrogen-bond acceptors (Lipinski definition) is 4. The van der Waals surface area contributed by atoms with Gasteiger partial charge in [-0.15, -0.1) is 0 Å². The van der Waals surface area contributed by atoms with E-state index >= 15 is 0 Å². The third-order valence-electron chi connectivity index (χ3n) is 1.96. The second-order valence-electron chi connectivity index (χ2n) is 3.14. The Labute approximate surface area is 111 Å². The number of carbonyl (C=O) groups is 3. The maximum atomic E-state index is 11.7. The molecule has 0 saturated carbocycles. The van der Waals surface area contributed by atoms with Gasteiger partial charge in [0.25, 0.3) is 0 Å². The van der Waals surface area contributed by atoms with Crippen LogP contribution < -0.4 is 0 Å². The van der Waals surface area contributed by atoms with Gasteiger partial charge in [-0.25, -0.2) is 4.79 Å². The Morgan fingerprint density at radius 3 is 2.59 bits per heavy atom. The molecule has 90 valence electrons. The summed E-state index contributed by atoms with van der Waals surface area (Å²) >= 11 is 8.91. The smallest absolute Gasteiger partial charge is 0.374 e. The third-order valence-corrected chi connectivity index (χ3v) is 2.89. The molecule has 0 atom stereocenters. The van der Waals surface area contributed by atoms with Gasteiger partial charge in [-0.2, -0.15) is 0 Å². The Balaban J connectivity index is 2.87. The number of ketones is 2. The van der Waals surface area contributed by atoms with Crippen molar-refractivity contribution in [3.63, 3.8) is 0 Å². The van der Waals surface area contributed by atoms with Gasteiger partial charge in [-0.05, 0) is 18.2 Å². The minimum Gasteiger partial charge on any atom is -0.463 e. The Hall–Kier alpha value is -1.20. The molecule has 0 unspecified atom stereocenters. The van der Waals surface area contributed by atoms with Crippen molar-refractivity contribution < 1.29 is 19.1 Å². The summed E-state index contributed by atoms with van der Waals surface area (Å²) in [6, 6.07) is 4.63. The van der Waals surface area contributed by atoms with Crippen molar-refractivity contribution in [3.05, 3.63) is 33.3 Å². The number of esters is 1. The van der Waals surface area contributed by atoms with E-state index in [9.17, 15) is 14.4 Å². The lowest BCUT2D eigenvalue weighted by atomic mass is 10.1. The van der Waals surface area contributed by atoms with E-state index in [4.69, 9.17) is 11.6 Å². The lowest BCUT2D eigenvalue weighted by Crippen LogP contribution is -2.19. The highest BCUT2D eigenvalue weighted by molar-refractivity contribution is 9.10. The Bertz CT molecular complexity index is 484. The first kappa shape index (κ1) is 13.9. The fourth-order valence-corrected chi connectivity index (χ4v) is 1.78. The third kappa shape index (κ3) is 3.64. The van der Waals surface area contributed by atoms with Crippen molar-refractivity contribution in [2.75, 3.05) is 7.11 Å². The first-order valence-corrected chi connectivity index (χ1v) is 5.72. The van der Waals surface area contributed by atoms with Crippen LogP contribution in [0, 0.1) is 0 Å². The highest BCUT2D eigenvalue weighted by atomic mass is 79.9. The lowest BCUT2D eigenvalue weighted by molar-refractivity contribution is -0.151. The zero-order chi connectivity index (χ0) is 13.0. The first-order valence-electron chi connectivity index (χ1n) is 4.55. The van der Waals surface area contributed by atoms with Crippen LogP contribution in [0.5, 0.6) is 0 Å². The zero-order valence-corrected chi connectivity index (χ0v) is 11.2. The van der Waals surface area contributed by atoms with Crippen LogP contribution in [-0.2, 0) is 14.3 Å². The van der Waals surface area contributed by atoms with Crippen LogP contribution in [0.1, 0.15) is 16.8 Å². The van der Waals surface area contributed by atoms with E-state index in [1.165, 1.54) is 6.07 Å². The van der Waals surface area contributed by atoms with Crippen molar-refractivity contribution in [3.8, 4) is 0 Å². The molecular weight excluding hydrogens is 311 g/mol. The van der Waals surface area contributed by atoms with Crippen molar-refractivity contribution in [1.82, 2.24) is 0 Å². The van der Waals surface area contributed by atoms with E-state index < -0.39 is 24.0 Å². The van der Waals surface area contributed by atoms with Gasteiger partial charge in [-0.1, -0.05) is 27.5 Å². The van der Waals surface area contributed by atoms with Gasteiger partial charge in [-0.3, -0.25) is 9.59 Å². The van der Waals surface area contributed by atoms with Crippen molar-refractivity contribution in [2.45, 2.75) is 6.42 Å². The second-order valence-corrected chi connectivity index (χ2v) is 4.43. The molecule has 0 radical (unpaired) electrons. The molecule has 6 heteroatoms. The summed E-state index contributed by atoms with van der Waals surface area (Å²) in [5.41, 5.74) is 0.259. The van der Waals surface area contributed by atoms with Gasteiger partial charge in [0, 0.05) is 15.1 Å². The maximum absolute atomic E-state index is 11.7. The fourth-order valence-electron chi connectivity index (χ4n) is 1.14. The monoisotopic (exact) mass is 318 g/mol. The molecule has 0 heterocycles. The molecule has 0 aliphatic carbocycles. The summed E-state index contributed by atoms with van der Waals surface area (Å²) in [6.45, 7) is 0. The molecule has 0 aliphatic rings. The number of methoxy groups -OCH3 is 1. The van der Waals surface area contributed by atoms with Crippen molar-refractivity contribution >= 4 is 45.1 Å². The first-order chi connectivity index (χ1) is 7.95. The molecule has 1 rings (SSSR count). The van der Waals surface area contributed by atoms with E-state index in [0.717, 1.165) is 7.11 Å². The number of halogens is 2. The van der Waals surface area contributed by atoms with Gasteiger partial charge in [0.2, 0.25) is 5.78 Å². The van der Waals surface area contributed by atoms with Crippen LogP contribution in [0.15, 0.2) is 22.7 Å². The predicted octanol–water partition coefficient (Wildman–Crippen LogP) is 2.42. The molecule has 0 aliphatic heterocycles. The Morgan fingerprint density at radius 2 is 2.00 bits per heavy atom. The molecule has 1 aromatic carbocycles. The van der Waals surface area contributed by atoms with Gasteiger partial charge in [0.05, 0.1) is 13.5 Å². The highest BCUT2D eigenvalue weighted by Crippen LogP contribution is 2.22. The number of benzene rings is 1. The lowest BCUT2D eigenvalue weighted by Gasteiger charge is -2.03. The highest BCUT2D eigenvalue weighted by Gasteiger charge is 2.20. The maximum Gasteiger partial charge on any atom is 0.374 e. The summed E-state index contributed by atoms with van der Waals surface area (Å²) in [6.07, 6.45) is -0.536. The molecule has 0 aromatic heterocycles. The summed E-state index contributed by atoms with van der Waals surface area (Å²) in [7, 11) is 1.08. The molecule has 0 bridgehead atoms. The molecule has 17 heavy (non-hydrogen) atoms. The number of carbonyl (C=O) groups excluding carboxylic acids is 3. The van der Waals surface area contributed by atoms with Crippen LogP contribution in [0.2, 0.25) is 5.02 Å². The standard InChI is InChI=1S/C11H8BrClO4/c1-17-11(16)10(15)5-9(14)7-4-6(13)2-3-8(7)12/h2-4H,5H2,1H3. The van der Waals surface area contributed by atoms with E-state index in [2.05, 4.69) is 20.7 Å². The number of ether oxygens (including phenoxy) is 1. The largest absolute Gasteiger partial charge is 0.463 e. The summed E-state index contributed by atoms with van der Waals surface area (Å²) in [4.78, 5) is 33.8. The summed E-state index contributed by atoms with van der Waals surface area (Å²) in [5, 5.41) is 0.377. The molecule has 0 N–H and O–H groups in total. The topological polar surface area (TPSA) is 60.4 Å². The van der Waals surface area contributed by atoms with Gasteiger partial charge in [0.1, 0.15) is 0 Å². The SMILES string of the molecule is COC(=O)C(=O)CC(=O)c1cc(Cl)ccc1Br. The normalized spacial score (nSPS) is 9.82. The van der Waals surface area contributed by atoms with Crippen LogP contribution >= 0.6 is 27.5 Å². The predicted molar refractivity (Wildman–Crippen MR) is 65.1 cm³/mol. The van der Waals surface area contributed by atoms with Crippen LogP contribution in [0.25, 0.3) is 0 Å². The second kappa shape index (κ2) is 5.93. The quantitative estimate of drug-likeness (QED) is 0.370.